The summed E-state index contributed by atoms with van der Waals surface area (Å²) in [5, 5.41) is 0.945. The number of pyridine rings is 1. The molecular formula is C12H12ClNO3S. The lowest BCUT2D eigenvalue weighted by Crippen LogP contribution is -2.04. The highest BCUT2D eigenvalue weighted by Gasteiger charge is 2.11. The number of hydrogen-bond donors (Lipinski definition) is 0. The largest absolute Gasteiger partial charge is 0.481 e. The van der Waals surface area contributed by atoms with Gasteiger partial charge in [0.1, 0.15) is 0 Å². The van der Waals surface area contributed by atoms with Gasteiger partial charge >= 0.3 is 0 Å². The van der Waals surface area contributed by atoms with Crippen LogP contribution in [0.1, 0.15) is 5.56 Å². The fourth-order valence-corrected chi connectivity index (χ4v) is 2.42. The molecule has 0 atom stereocenters. The number of para-hydroxylation sites is 1. The summed E-state index contributed by atoms with van der Waals surface area (Å²) in [4.78, 5) is 4.33. The van der Waals surface area contributed by atoms with Crippen LogP contribution in [-0.4, -0.2) is 26.3 Å². The monoisotopic (exact) mass is 285 g/mol. The Hall–Kier alpha value is -1.33. The zero-order valence-corrected chi connectivity index (χ0v) is 11.3. The van der Waals surface area contributed by atoms with E-state index in [0.29, 0.717) is 5.88 Å². The van der Waals surface area contributed by atoms with E-state index in [2.05, 4.69) is 4.98 Å². The summed E-state index contributed by atoms with van der Waals surface area (Å²) in [6.45, 7) is 0. The van der Waals surface area contributed by atoms with Crippen LogP contribution in [0.4, 0.5) is 0 Å². The van der Waals surface area contributed by atoms with Crippen molar-refractivity contribution in [1.82, 2.24) is 4.98 Å². The van der Waals surface area contributed by atoms with Crippen molar-refractivity contribution in [3.63, 3.8) is 0 Å². The Kier molecular flexibility index (Phi) is 3.73. The molecule has 6 heteroatoms. The Bertz CT molecular complexity index is 670. The lowest BCUT2D eigenvalue weighted by molar-refractivity contribution is 0.395. The molecule has 18 heavy (non-hydrogen) atoms. The Morgan fingerprint density at radius 1 is 1.33 bits per heavy atom. The normalized spacial score (nSPS) is 11.7. The molecule has 4 nitrogen and oxygen atoms in total. The van der Waals surface area contributed by atoms with E-state index < -0.39 is 9.05 Å². The van der Waals surface area contributed by atoms with Crippen LogP contribution in [-0.2, 0) is 15.5 Å². The van der Waals surface area contributed by atoms with E-state index in [9.17, 15) is 8.42 Å². The number of aryl methyl sites for hydroxylation is 1. The van der Waals surface area contributed by atoms with Crippen LogP contribution in [0.25, 0.3) is 10.9 Å². The van der Waals surface area contributed by atoms with Gasteiger partial charge in [0, 0.05) is 21.6 Å². The van der Waals surface area contributed by atoms with Crippen LogP contribution in [0.15, 0.2) is 30.3 Å². The summed E-state index contributed by atoms with van der Waals surface area (Å²) in [7, 11) is 3.21. The van der Waals surface area contributed by atoms with Crippen molar-refractivity contribution in [1.29, 1.82) is 0 Å². The van der Waals surface area contributed by atoms with E-state index >= 15 is 0 Å². The molecule has 0 aliphatic carbocycles. The van der Waals surface area contributed by atoms with Crippen molar-refractivity contribution in [2.24, 2.45) is 0 Å². The van der Waals surface area contributed by atoms with Crippen molar-refractivity contribution < 1.29 is 13.2 Å². The minimum Gasteiger partial charge on any atom is -0.481 e. The fraction of sp³-hybridized carbons (Fsp3) is 0.250. The number of nitrogens with zero attached hydrogens (tertiary/aromatic N) is 1. The number of aromatic nitrogens is 1. The van der Waals surface area contributed by atoms with Gasteiger partial charge in [-0.25, -0.2) is 13.4 Å². The number of benzene rings is 1. The molecule has 0 spiro atoms. The molecule has 0 aliphatic rings. The van der Waals surface area contributed by atoms with Gasteiger partial charge in [-0.05, 0) is 18.6 Å². The van der Waals surface area contributed by atoms with Gasteiger partial charge in [-0.3, -0.25) is 0 Å². The maximum Gasteiger partial charge on any atom is 0.232 e. The standard InChI is InChI=1S/C12H12ClNO3S/c1-17-12-10(6-7-18(13,15)16)8-9-4-2-3-5-11(9)14-12/h2-5,8H,6-7H2,1H3. The second-order valence-electron chi connectivity index (χ2n) is 3.84. The third-order valence-corrected chi connectivity index (χ3v) is 3.73. The molecule has 2 aromatic rings. The van der Waals surface area contributed by atoms with Crippen LogP contribution in [0.5, 0.6) is 5.88 Å². The number of hydrogen-bond acceptors (Lipinski definition) is 4. The van der Waals surface area contributed by atoms with Gasteiger partial charge in [-0.1, -0.05) is 18.2 Å². The van der Waals surface area contributed by atoms with Gasteiger partial charge in [0.15, 0.2) is 0 Å². The van der Waals surface area contributed by atoms with Crippen molar-refractivity contribution in [3.8, 4) is 5.88 Å². The summed E-state index contributed by atoms with van der Waals surface area (Å²) in [5.74, 6) is 0.305. The third-order valence-electron chi connectivity index (χ3n) is 2.57. The van der Waals surface area contributed by atoms with Gasteiger partial charge in [0.05, 0.1) is 18.4 Å². The molecule has 0 radical (unpaired) electrons. The zero-order valence-electron chi connectivity index (χ0n) is 9.76. The van der Waals surface area contributed by atoms with Gasteiger partial charge in [-0.2, -0.15) is 0 Å². The van der Waals surface area contributed by atoms with E-state index in [1.807, 2.05) is 30.3 Å². The van der Waals surface area contributed by atoms with Crippen LogP contribution >= 0.6 is 10.7 Å². The van der Waals surface area contributed by atoms with Crippen LogP contribution < -0.4 is 4.74 Å². The Labute approximate surface area is 110 Å². The molecule has 0 aliphatic heterocycles. The van der Waals surface area contributed by atoms with Gasteiger partial charge in [0.2, 0.25) is 14.9 Å². The SMILES string of the molecule is COc1nc2ccccc2cc1CCS(=O)(=O)Cl. The molecule has 1 aromatic heterocycles. The highest BCUT2D eigenvalue weighted by Crippen LogP contribution is 2.23. The molecule has 0 fully saturated rings. The first kappa shape index (κ1) is 13.1. The van der Waals surface area contributed by atoms with Crippen LogP contribution in [0.3, 0.4) is 0 Å². The van der Waals surface area contributed by atoms with Crippen molar-refractivity contribution in [2.45, 2.75) is 6.42 Å². The maximum absolute atomic E-state index is 11.0. The van der Waals surface area contributed by atoms with E-state index in [1.165, 1.54) is 7.11 Å². The first-order valence-corrected chi connectivity index (χ1v) is 7.82. The number of rotatable bonds is 4. The first-order valence-electron chi connectivity index (χ1n) is 5.34. The topological polar surface area (TPSA) is 56.3 Å². The molecule has 0 saturated heterocycles. The summed E-state index contributed by atoms with van der Waals surface area (Å²) in [6, 6.07) is 9.46. The maximum atomic E-state index is 11.0. The average Bonchev–Trinajstić information content (AvgIpc) is 2.34. The second-order valence-corrected chi connectivity index (χ2v) is 6.74. The minimum absolute atomic E-state index is 0.134. The average molecular weight is 286 g/mol. The quantitative estimate of drug-likeness (QED) is 0.809. The predicted molar refractivity (Wildman–Crippen MR) is 71.6 cm³/mol. The smallest absolute Gasteiger partial charge is 0.232 e. The summed E-state index contributed by atoms with van der Waals surface area (Å²) >= 11 is 0. The van der Waals surface area contributed by atoms with Crippen LogP contribution in [0, 0.1) is 0 Å². The molecular weight excluding hydrogens is 274 g/mol. The Morgan fingerprint density at radius 2 is 2.06 bits per heavy atom. The van der Waals surface area contributed by atoms with Crippen molar-refractivity contribution >= 4 is 30.6 Å². The van der Waals surface area contributed by atoms with Crippen molar-refractivity contribution in [3.05, 3.63) is 35.9 Å². The third kappa shape index (κ3) is 3.11. The van der Waals surface area contributed by atoms with E-state index in [4.69, 9.17) is 15.4 Å². The summed E-state index contributed by atoms with van der Waals surface area (Å²) in [5.41, 5.74) is 1.55. The number of fused-ring (bicyclic) bond motifs is 1. The van der Waals surface area contributed by atoms with Gasteiger partial charge < -0.3 is 4.74 Å². The van der Waals surface area contributed by atoms with Gasteiger partial charge in [-0.15, -0.1) is 0 Å². The fourth-order valence-electron chi connectivity index (χ4n) is 1.73. The molecule has 2 rings (SSSR count). The molecule has 96 valence electrons. The number of methoxy groups -OCH3 is 1. The highest BCUT2D eigenvalue weighted by molar-refractivity contribution is 8.13. The Balaban J connectivity index is 2.42. The Morgan fingerprint density at radius 3 is 2.72 bits per heavy atom. The zero-order chi connectivity index (χ0) is 13.2. The highest BCUT2D eigenvalue weighted by atomic mass is 35.7. The first-order chi connectivity index (χ1) is 8.49. The number of ether oxygens (including phenoxy) is 1. The van der Waals surface area contributed by atoms with Crippen LogP contribution in [0.2, 0.25) is 0 Å². The number of halogens is 1. The summed E-state index contributed by atoms with van der Waals surface area (Å²) in [6.07, 6.45) is 0.285. The minimum atomic E-state index is -3.51. The van der Waals surface area contributed by atoms with Crippen molar-refractivity contribution in [2.75, 3.05) is 12.9 Å². The second kappa shape index (κ2) is 5.12. The molecule has 1 heterocycles. The van der Waals surface area contributed by atoms with E-state index in [1.54, 1.807) is 0 Å². The summed E-state index contributed by atoms with van der Waals surface area (Å²) < 4.78 is 27.1. The molecule has 0 N–H and O–H groups in total. The molecule has 0 amide bonds. The lowest BCUT2D eigenvalue weighted by Gasteiger charge is -2.08. The lowest BCUT2D eigenvalue weighted by atomic mass is 10.1. The van der Waals surface area contributed by atoms with Gasteiger partial charge in [0.25, 0.3) is 0 Å². The van der Waals surface area contributed by atoms with E-state index in [-0.39, 0.29) is 12.2 Å². The van der Waals surface area contributed by atoms with E-state index in [0.717, 1.165) is 16.5 Å². The predicted octanol–water partition coefficient (Wildman–Crippen LogP) is 2.35. The molecule has 0 unspecified atom stereocenters. The molecule has 1 aromatic carbocycles. The molecule has 0 bridgehead atoms. The molecule has 0 saturated carbocycles.